The third-order valence-electron chi connectivity index (χ3n) is 4.63. The number of aryl methyl sites for hydroxylation is 3. The number of amides is 1. The van der Waals surface area contributed by atoms with Crippen LogP contribution in [0.4, 0.5) is 11.5 Å². The van der Waals surface area contributed by atoms with Gasteiger partial charge in [-0.3, -0.25) is 14.6 Å². The minimum Gasteiger partial charge on any atom is -0.326 e. The van der Waals surface area contributed by atoms with Crippen LogP contribution in [0.15, 0.2) is 47.4 Å². The van der Waals surface area contributed by atoms with Crippen molar-refractivity contribution in [1.29, 1.82) is 0 Å². The summed E-state index contributed by atoms with van der Waals surface area (Å²) < 4.78 is 28.0. The molecule has 2 heterocycles. The van der Waals surface area contributed by atoms with Gasteiger partial charge < -0.3 is 5.32 Å². The lowest BCUT2D eigenvalue weighted by atomic mass is 10.0. The maximum Gasteiger partial charge on any atom is 0.263 e. The van der Waals surface area contributed by atoms with Gasteiger partial charge in [0.2, 0.25) is 5.91 Å². The molecule has 0 saturated carbocycles. The van der Waals surface area contributed by atoms with Crippen molar-refractivity contribution in [3.63, 3.8) is 0 Å². The third-order valence-corrected chi connectivity index (χ3v) is 5.98. The number of nitrogens with one attached hydrogen (secondary N) is 3. The number of anilines is 2. The number of fused-ring (bicyclic) bond motifs is 1. The van der Waals surface area contributed by atoms with E-state index in [-0.39, 0.29) is 16.6 Å². The zero-order valence-corrected chi connectivity index (χ0v) is 16.4. The van der Waals surface area contributed by atoms with Crippen molar-refractivity contribution in [2.45, 2.75) is 31.6 Å². The zero-order chi connectivity index (χ0) is 19.9. The summed E-state index contributed by atoms with van der Waals surface area (Å²) in [6.07, 6.45) is 0.867. The average molecular weight is 396 g/mol. The highest BCUT2D eigenvalue weighted by molar-refractivity contribution is 7.92. The van der Waals surface area contributed by atoms with Crippen LogP contribution < -0.4 is 10.0 Å². The molecule has 1 aliphatic heterocycles. The second kappa shape index (κ2) is 6.79. The number of carbonyl (C=O) groups is 1. The first kappa shape index (κ1) is 18.2. The van der Waals surface area contributed by atoms with Crippen LogP contribution in [0.5, 0.6) is 0 Å². The van der Waals surface area contributed by atoms with Crippen molar-refractivity contribution in [2.24, 2.45) is 0 Å². The predicted octanol–water partition coefficient (Wildman–Crippen LogP) is 3.38. The molecule has 144 valence electrons. The third kappa shape index (κ3) is 3.63. The second-order valence-electron chi connectivity index (χ2n) is 7.02. The molecule has 0 atom stereocenters. The highest BCUT2D eigenvalue weighted by Crippen LogP contribution is 2.27. The van der Waals surface area contributed by atoms with Gasteiger partial charge in [-0.1, -0.05) is 17.2 Å². The minimum atomic E-state index is -3.79. The van der Waals surface area contributed by atoms with E-state index in [1.165, 1.54) is 6.07 Å². The number of benzene rings is 2. The van der Waals surface area contributed by atoms with Crippen molar-refractivity contribution in [2.75, 3.05) is 10.0 Å². The lowest BCUT2D eigenvalue weighted by Crippen LogP contribution is -2.20. The second-order valence-corrected chi connectivity index (χ2v) is 8.70. The number of H-pyrrole nitrogens is 1. The number of aromatic amines is 1. The topological polar surface area (TPSA) is 104 Å². The molecule has 0 radical (unpaired) electrons. The van der Waals surface area contributed by atoms with Gasteiger partial charge in [-0.05, 0) is 56.2 Å². The largest absolute Gasteiger partial charge is 0.326 e. The van der Waals surface area contributed by atoms with Gasteiger partial charge >= 0.3 is 0 Å². The molecule has 1 amide bonds. The molecule has 1 aromatic heterocycles. The van der Waals surface area contributed by atoms with Crippen molar-refractivity contribution < 1.29 is 13.2 Å². The molecular weight excluding hydrogens is 376 g/mol. The van der Waals surface area contributed by atoms with Gasteiger partial charge in [-0.2, -0.15) is 5.10 Å². The first-order valence-electron chi connectivity index (χ1n) is 8.90. The monoisotopic (exact) mass is 396 g/mol. The number of nitrogens with zero attached hydrogens (tertiary/aromatic N) is 1. The highest BCUT2D eigenvalue weighted by atomic mass is 32.2. The van der Waals surface area contributed by atoms with Gasteiger partial charge in [0.1, 0.15) is 0 Å². The summed E-state index contributed by atoms with van der Waals surface area (Å²) in [6.45, 7) is 4.02. The fraction of sp³-hybridized carbons (Fsp3) is 0.200. The lowest BCUT2D eigenvalue weighted by Gasteiger charge is -2.17. The summed E-state index contributed by atoms with van der Waals surface area (Å²) >= 11 is 0. The van der Waals surface area contributed by atoms with Crippen molar-refractivity contribution in [1.82, 2.24) is 10.2 Å². The summed E-state index contributed by atoms with van der Waals surface area (Å²) in [4.78, 5) is 11.6. The van der Waals surface area contributed by atoms with E-state index < -0.39 is 10.0 Å². The number of hydrogen-bond acceptors (Lipinski definition) is 4. The predicted molar refractivity (Wildman–Crippen MR) is 108 cm³/mol. The van der Waals surface area contributed by atoms with E-state index in [1.54, 1.807) is 18.2 Å². The summed E-state index contributed by atoms with van der Waals surface area (Å²) in [5.74, 6) is 0.164. The average Bonchev–Trinajstić information content (AvgIpc) is 3.08. The van der Waals surface area contributed by atoms with Crippen LogP contribution in [0.2, 0.25) is 0 Å². The fourth-order valence-corrected chi connectivity index (χ4v) is 4.42. The van der Waals surface area contributed by atoms with Crippen LogP contribution in [0.1, 0.15) is 23.1 Å². The summed E-state index contributed by atoms with van der Waals surface area (Å²) in [5, 5.41) is 9.72. The fourth-order valence-electron chi connectivity index (χ4n) is 3.38. The Balaban J connectivity index is 1.59. The van der Waals surface area contributed by atoms with E-state index in [2.05, 4.69) is 26.3 Å². The van der Waals surface area contributed by atoms with Crippen LogP contribution in [0.3, 0.4) is 0 Å². The Morgan fingerprint density at radius 3 is 2.50 bits per heavy atom. The van der Waals surface area contributed by atoms with E-state index in [1.807, 2.05) is 26.0 Å². The molecule has 0 bridgehead atoms. The molecule has 0 aliphatic carbocycles. The maximum absolute atomic E-state index is 12.8. The van der Waals surface area contributed by atoms with Crippen molar-refractivity contribution in [3.8, 4) is 11.3 Å². The molecule has 3 N–H and O–H groups in total. The zero-order valence-electron chi connectivity index (χ0n) is 15.5. The Bertz CT molecular complexity index is 1160. The molecule has 4 rings (SSSR count). The minimum absolute atomic E-state index is 0.0586. The molecule has 0 spiro atoms. The lowest BCUT2D eigenvalue weighted by molar-refractivity contribution is -0.116. The number of rotatable bonds is 4. The summed E-state index contributed by atoms with van der Waals surface area (Å²) in [5.41, 5.74) is 5.38. The SMILES string of the molecule is Cc1cc(C)cc(-c2cc(NS(=O)(=O)c3ccc4c(c3)CCC(=O)N4)n[nH]2)c1. The van der Waals surface area contributed by atoms with Crippen molar-refractivity contribution in [3.05, 3.63) is 59.2 Å². The molecule has 28 heavy (non-hydrogen) atoms. The molecule has 0 saturated heterocycles. The van der Waals surface area contributed by atoms with E-state index in [4.69, 9.17) is 0 Å². The molecule has 3 aromatic rings. The standard InChI is InChI=1S/C20H20N4O3S/c1-12-7-13(2)9-15(8-12)18-11-19(23-22-18)24-28(26,27)16-4-5-17-14(10-16)3-6-20(25)21-17/h4-5,7-11H,3,6H2,1-2H3,(H,21,25)(H2,22,23,24). The van der Waals surface area contributed by atoms with Crippen LogP contribution in [0, 0.1) is 13.8 Å². The molecule has 1 aliphatic rings. The van der Waals surface area contributed by atoms with Gasteiger partial charge in [0, 0.05) is 23.7 Å². The Morgan fingerprint density at radius 1 is 1.00 bits per heavy atom. The van der Waals surface area contributed by atoms with E-state index in [9.17, 15) is 13.2 Å². The van der Waals surface area contributed by atoms with Gasteiger partial charge in [-0.25, -0.2) is 8.42 Å². The summed E-state index contributed by atoms with van der Waals surface area (Å²) in [6, 6.07) is 12.4. The first-order chi connectivity index (χ1) is 13.3. The highest BCUT2D eigenvalue weighted by Gasteiger charge is 2.21. The molecule has 7 nitrogen and oxygen atoms in total. The van der Waals surface area contributed by atoms with Gasteiger partial charge in [0.05, 0.1) is 10.6 Å². The molecule has 8 heteroatoms. The Morgan fingerprint density at radius 2 is 1.75 bits per heavy atom. The molecule has 2 aromatic carbocycles. The van der Waals surface area contributed by atoms with Crippen LogP contribution in [-0.2, 0) is 21.2 Å². The van der Waals surface area contributed by atoms with Gasteiger partial charge in [-0.15, -0.1) is 0 Å². The summed E-state index contributed by atoms with van der Waals surface area (Å²) in [7, 11) is -3.79. The van der Waals surface area contributed by atoms with E-state index in [0.29, 0.717) is 18.5 Å². The van der Waals surface area contributed by atoms with E-state index in [0.717, 1.165) is 27.9 Å². The van der Waals surface area contributed by atoms with Crippen LogP contribution >= 0.6 is 0 Å². The van der Waals surface area contributed by atoms with Crippen molar-refractivity contribution >= 4 is 27.4 Å². The Labute approximate surface area is 163 Å². The van der Waals surface area contributed by atoms with E-state index >= 15 is 0 Å². The van der Waals surface area contributed by atoms with Gasteiger partial charge in [0.25, 0.3) is 10.0 Å². The molecule has 0 unspecified atom stereocenters. The maximum atomic E-state index is 12.8. The van der Waals surface area contributed by atoms with Gasteiger partial charge in [0.15, 0.2) is 5.82 Å². The van der Waals surface area contributed by atoms with Crippen LogP contribution in [-0.4, -0.2) is 24.5 Å². The van der Waals surface area contributed by atoms with Crippen LogP contribution in [0.25, 0.3) is 11.3 Å². The number of carbonyl (C=O) groups excluding carboxylic acids is 1. The number of hydrogen-bond donors (Lipinski definition) is 3. The number of sulfonamides is 1. The molecule has 0 fully saturated rings. The quantitative estimate of drug-likeness (QED) is 0.629. The Hall–Kier alpha value is -3.13. The number of aromatic nitrogens is 2. The Kier molecular flexibility index (Phi) is 4.43. The molecular formula is C20H20N4O3S. The normalized spacial score (nSPS) is 13.7. The first-order valence-corrected chi connectivity index (χ1v) is 10.4. The smallest absolute Gasteiger partial charge is 0.263 e.